The summed E-state index contributed by atoms with van der Waals surface area (Å²) >= 11 is 0. The largest absolute Gasteiger partial charge is 0.368 e. The first-order chi connectivity index (χ1) is 13.0. The summed E-state index contributed by atoms with van der Waals surface area (Å²) < 4.78 is 2.10. The summed E-state index contributed by atoms with van der Waals surface area (Å²) in [5.74, 6) is 0.273. The lowest BCUT2D eigenvalue weighted by atomic mass is 10.0. The monoisotopic (exact) mass is 356 g/mol. The van der Waals surface area contributed by atoms with Crippen LogP contribution in [0.2, 0.25) is 0 Å². The van der Waals surface area contributed by atoms with Crippen LogP contribution >= 0.6 is 0 Å². The fraction of sp³-hybridized carbons (Fsp3) is 0.190. The molecule has 5 rings (SSSR count). The first-order valence-corrected chi connectivity index (χ1v) is 8.91. The Balaban J connectivity index is 1.98. The molecule has 0 amide bonds. The molecule has 0 unspecified atom stereocenters. The van der Waals surface area contributed by atoms with Gasteiger partial charge in [-0.1, -0.05) is 23.8 Å². The molecule has 0 atom stereocenters. The minimum Gasteiger partial charge on any atom is -0.368 e. The number of nitrogen functional groups attached to an aromatic ring is 1. The van der Waals surface area contributed by atoms with E-state index in [0.29, 0.717) is 0 Å². The van der Waals surface area contributed by atoms with E-state index in [9.17, 15) is 0 Å². The lowest BCUT2D eigenvalue weighted by Crippen LogP contribution is -2.10. The van der Waals surface area contributed by atoms with Gasteiger partial charge in [-0.05, 0) is 44.1 Å². The average molecular weight is 356 g/mol. The van der Waals surface area contributed by atoms with E-state index in [0.717, 1.165) is 44.9 Å². The minimum atomic E-state index is 0.273. The van der Waals surface area contributed by atoms with Gasteiger partial charge in [0.2, 0.25) is 5.95 Å². The van der Waals surface area contributed by atoms with Crippen molar-refractivity contribution in [3.05, 3.63) is 53.9 Å². The molecule has 0 aliphatic rings. The van der Waals surface area contributed by atoms with Crippen LogP contribution in [0.3, 0.4) is 0 Å². The molecule has 0 saturated heterocycles. The molecular formula is C21H20N6. The molecule has 2 aromatic carbocycles. The zero-order valence-corrected chi connectivity index (χ0v) is 15.6. The fourth-order valence-corrected chi connectivity index (χ4v) is 3.82. The lowest BCUT2D eigenvalue weighted by molar-refractivity contribution is 0.402. The minimum absolute atomic E-state index is 0.273. The molecule has 0 aliphatic heterocycles. The van der Waals surface area contributed by atoms with Gasteiger partial charge in [-0.25, -0.2) is 15.0 Å². The average Bonchev–Trinajstić information content (AvgIpc) is 2.99. The number of aromatic nitrogens is 4. The van der Waals surface area contributed by atoms with E-state index in [1.54, 1.807) is 0 Å². The molecule has 27 heavy (non-hydrogen) atoms. The fourth-order valence-electron chi connectivity index (χ4n) is 3.82. The summed E-state index contributed by atoms with van der Waals surface area (Å²) in [6, 6.07) is 10.7. The zero-order chi connectivity index (χ0) is 18.7. The smallest absolute Gasteiger partial charge is 0.220 e. The van der Waals surface area contributed by atoms with Gasteiger partial charge < -0.3 is 10.6 Å². The first-order valence-electron chi connectivity index (χ1n) is 8.91. The van der Waals surface area contributed by atoms with Crippen molar-refractivity contribution in [1.82, 2.24) is 24.3 Å². The van der Waals surface area contributed by atoms with Crippen LogP contribution in [-0.4, -0.2) is 38.3 Å². The molecule has 0 aliphatic carbocycles. The number of fused-ring (bicyclic) bond motifs is 8. The normalized spacial score (nSPS) is 12.1. The second-order valence-corrected chi connectivity index (χ2v) is 7.35. The van der Waals surface area contributed by atoms with Crippen LogP contribution < -0.4 is 5.73 Å². The highest BCUT2D eigenvalue weighted by atomic mass is 15.1. The molecule has 3 aromatic heterocycles. The molecule has 3 heterocycles. The van der Waals surface area contributed by atoms with E-state index in [1.807, 2.05) is 6.20 Å². The maximum atomic E-state index is 5.92. The third kappa shape index (κ3) is 2.41. The quantitative estimate of drug-likeness (QED) is 0.490. The number of anilines is 1. The Hall–Kier alpha value is -3.25. The Bertz CT molecular complexity index is 1350. The van der Waals surface area contributed by atoms with Crippen LogP contribution in [0.4, 0.5) is 5.95 Å². The van der Waals surface area contributed by atoms with Gasteiger partial charge in [-0.2, -0.15) is 0 Å². The SMILES string of the molecule is Cc1ccc2c(c1)c1cnc(N)nc1c1c2nc2cc(CN(C)C)ccn21. The Morgan fingerprint density at radius 3 is 2.63 bits per heavy atom. The van der Waals surface area contributed by atoms with Crippen molar-refractivity contribution in [3.63, 3.8) is 0 Å². The predicted octanol–water partition coefficient (Wildman–Crippen LogP) is 3.54. The summed E-state index contributed by atoms with van der Waals surface area (Å²) in [5, 5.41) is 3.21. The third-order valence-corrected chi connectivity index (χ3v) is 4.94. The van der Waals surface area contributed by atoms with Crippen molar-refractivity contribution in [1.29, 1.82) is 0 Å². The van der Waals surface area contributed by atoms with E-state index in [4.69, 9.17) is 10.7 Å². The van der Waals surface area contributed by atoms with Crippen LogP contribution in [-0.2, 0) is 6.54 Å². The van der Waals surface area contributed by atoms with Crippen molar-refractivity contribution in [2.45, 2.75) is 13.5 Å². The molecule has 0 saturated carbocycles. The number of rotatable bonds is 2. The molecule has 6 heteroatoms. The van der Waals surface area contributed by atoms with Crippen molar-refractivity contribution < 1.29 is 0 Å². The number of benzene rings is 2. The third-order valence-electron chi connectivity index (χ3n) is 4.94. The number of nitrogens with two attached hydrogens (primary N) is 1. The number of imidazole rings is 1. The van der Waals surface area contributed by atoms with Crippen molar-refractivity contribution >= 4 is 44.3 Å². The van der Waals surface area contributed by atoms with Gasteiger partial charge in [0.15, 0.2) is 0 Å². The topological polar surface area (TPSA) is 72.3 Å². The van der Waals surface area contributed by atoms with E-state index in [-0.39, 0.29) is 5.95 Å². The summed E-state index contributed by atoms with van der Waals surface area (Å²) in [6.45, 7) is 2.96. The summed E-state index contributed by atoms with van der Waals surface area (Å²) in [5.41, 5.74) is 12.0. The van der Waals surface area contributed by atoms with Crippen LogP contribution in [0.1, 0.15) is 11.1 Å². The number of hydrogen-bond donors (Lipinski definition) is 1. The van der Waals surface area contributed by atoms with Gasteiger partial charge >= 0.3 is 0 Å². The maximum Gasteiger partial charge on any atom is 0.220 e. The first kappa shape index (κ1) is 16.0. The molecule has 0 radical (unpaired) electrons. The highest BCUT2D eigenvalue weighted by Gasteiger charge is 2.16. The Labute approximate surface area is 156 Å². The van der Waals surface area contributed by atoms with Gasteiger partial charge in [0, 0.05) is 29.7 Å². The molecule has 5 aromatic rings. The second kappa shape index (κ2) is 5.62. The van der Waals surface area contributed by atoms with E-state index in [1.165, 1.54) is 11.1 Å². The van der Waals surface area contributed by atoms with E-state index < -0.39 is 0 Å². The molecule has 0 spiro atoms. The van der Waals surface area contributed by atoms with Crippen molar-refractivity contribution in [3.8, 4) is 0 Å². The molecule has 2 N–H and O–H groups in total. The zero-order valence-electron chi connectivity index (χ0n) is 15.6. The van der Waals surface area contributed by atoms with E-state index in [2.05, 4.69) is 76.8 Å². The molecular weight excluding hydrogens is 336 g/mol. The van der Waals surface area contributed by atoms with Gasteiger partial charge in [0.05, 0.1) is 5.52 Å². The Morgan fingerprint density at radius 1 is 1.00 bits per heavy atom. The van der Waals surface area contributed by atoms with Gasteiger partial charge in [-0.3, -0.25) is 4.40 Å². The van der Waals surface area contributed by atoms with Crippen LogP contribution in [0.15, 0.2) is 42.7 Å². The number of nitrogens with zero attached hydrogens (tertiary/aromatic N) is 5. The number of hydrogen-bond acceptors (Lipinski definition) is 5. The number of aryl methyl sites for hydroxylation is 1. The van der Waals surface area contributed by atoms with Gasteiger partial charge in [-0.15, -0.1) is 0 Å². The van der Waals surface area contributed by atoms with E-state index >= 15 is 0 Å². The molecule has 134 valence electrons. The Kier molecular flexibility index (Phi) is 3.32. The van der Waals surface area contributed by atoms with Gasteiger partial charge in [0.25, 0.3) is 0 Å². The molecule has 0 fully saturated rings. The second-order valence-electron chi connectivity index (χ2n) is 7.35. The van der Waals surface area contributed by atoms with Crippen molar-refractivity contribution in [2.75, 3.05) is 19.8 Å². The van der Waals surface area contributed by atoms with Crippen LogP contribution in [0.25, 0.3) is 38.4 Å². The maximum absolute atomic E-state index is 5.92. The lowest BCUT2D eigenvalue weighted by Gasteiger charge is -2.10. The number of pyridine rings is 1. The predicted molar refractivity (Wildman–Crippen MR) is 110 cm³/mol. The summed E-state index contributed by atoms with van der Waals surface area (Å²) in [4.78, 5) is 15.9. The van der Waals surface area contributed by atoms with Gasteiger partial charge in [0.1, 0.15) is 16.7 Å². The summed E-state index contributed by atoms with van der Waals surface area (Å²) in [7, 11) is 4.13. The Morgan fingerprint density at radius 2 is 1.81 bits per heavy atom. The standard InChI is InChI=1S/C21H20N6/c1-12-4-5-14-15(8-12)16-10-23-21(22)25-19(16)20-18(14)24-17-9-13(11-26(2)3)6-7-27(17)20/h4-10H,11H2,1-3H3,(H2,22,23,25). The van der Waals surface area contributed by atoms with Crippen LogP contribution in [0, 0.1) is 6.92 Å². The molecule has 0 bridgehead atoms. The summed E-state index contributed by atoms with van der Waals surface area (Å²) in [6.07, 6.45) is 3.89. The molecule has 6 nitrogen and oxygen atoms in total. The van der Waals surface area contributed by atoms with Crippen molar-refractivity contribution in [2.24, 2.45) is 0 Å². The highest BCUT2D eigenvalue weighted by Crippen LogP contribution is 2.34. The highest BCUT2D eigenvalue weighted by molar-refractivity contribution is 6.22. The van der Waals surface area contributed by atoms with Crippen LogP contribution in [0.5, 0.6) is 0 Å².